The highest BCUT2D eigenvalue weighted by atomic mass is 35.5. The fourth-order valence-electron chi connectivity index (χ4n) is 2.54. The van der Waals surface area contributed by atoms with Crippen LogP contribution in [0.4, 0.5) is 0 Å². The zero-order valence-electron chi connectivity index (χ0n) is 13.2. The average molecular weight is 343 g/mol. The summed E-state index contributed by atoms with van der Waals surface area (Å²) in [5.74, 6) is -0.272. The van der Waals surface area contributed by atoms with Gasteiger partial charge < -0.3 is 9.15 Å². The molecule has 4 nitrogen and oxygen atoms in total. The summed E-state index contributed by atoms with van der Waals surface area (Å²) in [7, 11) is 0. The second kappa shape index (κ2) is 6.49. The van der Waals surface area contributed by atoms with Gasteiger partial charge >= 0.3 is 11.6 Å². The molecule has 0 aliphatic carbocycles. The van der Waals surface area contributed by atoms with E-state index in [4.69, 9.17) is 20.8 Å². The Kier molecular flexibility index (Phi) is 4.40. The van der Waals surface area contributed by atoms with Gasteiger partial charge in [0.05, 0.1) is 5.56 Å². The van der Waals surface area contributed by atoms with Crippen molar-refractivity contribution in [2.45, 2.75) is 19.2 Å². The minimum atomic E-state index is -0.755. The van der Waals surface area contributed by atoms with Crippen LogP contribution in [0.5, 0.6) is 5.75 Å². The Bertz CT molecular complexity index is 958. The van der Waals surface area contributed by atoms with Gasteiger partial charge in [0.2, 0.25) is 0 Å². The Morgan fingerprint density at radius 1 is 1.17 bits per heavy atom. The predicted molar refractivity (Wildman–Crippen MR) is 93.6 cm³/mol. The molecule has 24 heavy (non-hydrogen) atoms. The van der Waals surface area contributed by atoms with Crippen molar-refractivity contribution in [2.24, 2.45) is 0 Å². The van der Waals surface area contributed by atoms with Crippen LogP contribution < -0.4 is 10.4 Å². The monoisotopic (exact) mass is 342 g/mol. The van der Waals surface area contributed by atoms with E-state index in [0.29, 0.717) is 11.1 Å². The number of esters is 1. The first-order chi connectivity index (χ1) is 11.5. The number of alkyl halides is 1. The molecule has 0 amide bonds. The van der Waals surface area contributed by atoms with Gasteiger partial charge in [-0.1, -0.05) is 30.3 Å². The molecule has 0 aliphatic heterocycles. The van der Waals surface area contributed by atoms with Crippen molar-refractivity contribution in [3.63, 3.8) is 0 Å². The van der Waals surface area contributed by atoms with E-state index in [9.17, 15) is 9.59 Å². The van der Waals surface area contributed by atoms with Crippen molar-refractivity contribution in [1.29, 1.82) is 0 Å². The summed E-state index contributed by atoms with van der Waals surface area (Å²) in [4.78, 5) is 24.0. The predicted octanol–water partition coefficient (Wildman–Crippen LogP) is 4.30. The lowest BCUT2D eigenvalue weighted by Crippen LogP contribution is -2.17. The molecule has 0 N–H and O–H groups in total. The topological polar surface area (TPSA) is 56.5 Å². The number of carbonyl (C=O) groups is 1. The van der Waals surface area contributed by atoms with E-state index in [-0.39, 0.29) is 5.75 Å². The lowest BCUT2D eigenvalue weighted by atomic mass is 10.00. The fraction of sp³-hybridized carbons (Fsp3) is 0.158. The van der Waals surface area contributed by atoms with Crippen LogP contribution in [0.3, 0.4) is 0 Å². The van der Waals surface area contributed by atoms with E-state index >= 15 is 0 Å². The second-order valence-corrected chi connectivity index (χ2v) is 6.11. The molecular weight excluding hydrogens is 328 g/mol. The highest BCUT2D eigenvalue weighted by molar-refractivity contribution is 6.29. The van der Waals surface area contributed by atoms with E-state index in [1.807, 2.05) is 37.3 Å². The molecule has 0 aliphatic rings. The van der Waals surface area contributed by atoms with Gasteiger partial charge in [-0.3, -0.25) is 4.79 Å². The number of hydrogen-bond acceptors (Lipinski definition) is 4. The number of carbonyl (C=O) groups excluding carboxylic acids is 1. The smallest absolute Gasteiger partial charge is 0.344 e. The van der Waals surface area contributed by atoms with Crippen molar-refractivity contribution in [2.75, 3.05) is 0 Å². The number of fused-ring (bicyclic) bond motifs is 1. The van der Waals surface area contributed by atoms with E-state index < -0.39 is 17.0 Å². The minimum Gasteiger partial charge on any atom is -0.425 e. The van der Waals surface area contributed by atoms with Gasteiger partial charge in [0.15, 0.2) is 0 Å². The summed E-state index contributed by atoms with van der Waals surface area (Å²) in [6.45, 7) is 3.40. The van der Waals surface area contributed by atoms with Gasteiger partial charge in [0, 0.05) is 11.5 Å². The molecule has 1 atom stereocenters. The van der Waals surface area contributed by atoms with E-state index in [0.717, 1.165) is 16.5 Å². The first-order valence-electron chi connectivity index (χ1n) is 7.46. The van der Waals surface area contributed by atoms with Crippen molar-refractivity contribution in [3.05, 3.63) is 64.5 Å². The third kappa shape index (κ3) is 3.05. The molecule has 0 fully saturated rings. The molecule has 1 aromatic heterocycles. The van der Waals surface area contributed by atoms with Gasteiger partial charge in [0.1, 0.15) is 16.7 Å². The lowest BCUT2D eigenvalue weighted by Gasteiger charge is -2.10. The molecule has 0 radical (unpaired) electrons. The highest BCUT2D eigenvalue weighted by Gasteiger charge is 2.16. The number of benzene rings is 2. The first-order valence-corrected chi connectivity index (χ1v) is 7.89. The molecule has 0 saturated heterocycles. The molecule has 0 bridgehead atoms. The Balaban J connectivity index is 2.11. The maximum atomic E-state index is 12.4. The molecular formula is C19H15ClO4. The van der Waals surface area contributed by atoms with Crippen molar-refractivity contribution < 1.29 is 13.9 Å². The maximum absolute atomic E-state index is 12.4. The van der Waals surface area contributed by atoms with Crippen LogP contribution in [0.2, 0.25) is 0 Å². The number of hydrogen-bond donors (Lipinski definition) is 0. The molecule has 1 unspecified atom stereocenters. The molecule has 1 heterocycles. The van der Waals surface area contributed by atoms with Gasteiger partial charge in [-0.15, -0.1) is 11.6 Å². The Labute approximate surface area is 143 Å². The zero-order chi connectivity index (χ0) is 17.3. The summed E-state index contributed by atoms with van der Waals surface area (Å²) in [6.07, 6.45) is 0. The molecule has 3 aromatic rings. The second-order valence-electron chi connectivity index (χ2n) is 5.45. The van der Waals surface area contributed by atoms with Crippen LogP contribution in [0, 0.1) is 6.92 Å². The lowest BCUT2D eigenvalue weighted by molar-refractivity contribution is -0.133. The maximum Gasteiger partial charge on any atom is 0.344 e. The zero-order valence-corrected chi connectivity index (χ0v) is 14.0. The van der Waals surface area contributed by atoms with Crippen molar-refractivity contribution in [3.8, 4) is 16.9 Å². The third-order valence-corrected chi connectivity index (χ3v) is 3.92. The fourth-order valence-corrected chi connectivity index (χ4v) is 2.58. The average Bonchev–Trinajstić information content (AvgIpc) is 2.55. The Hall–Kier alpha value is -2.59. The first kappa shape index (κ1) is 16.3. The number of rotatable bonds is 3. The number of halogens is 1. The van der Waals surface area contributed by atoms with Crippen molar-refractivity contribution >= 4 is 28.5 Å². The normalized spacial score (nSPS) is 12.1. The van der Waals surface area contributed by atoms with E-state index in [1.165, 1.54) is 13.0 Å². The standard InChI is InChI=1S/C19H15ClO4/c1-11-15-9-8-14(23-18(21)12(2)20)10-16(15)24-19(22)17(11)13-6-4-3-5-7-13/h3-10,12H,1-2H3. The van der Waals surface area contributed by atoms with Crippen LogP contribution in [-0.2, 0) is 4.79 Å². The van der Waals surface area contributed by atoms with Gasteiger partial charge in [0.25, 0.3) is 0 Å². The van der Waals surface area contributed by atoms with E-state index in [2.05, 4.69) is 0 Å². The quantitative estimate of drug-likeness (QED) is 0.308. The third-order valence-electron chi connectivity index (χ3n) is 3.74. The molecule has 122 valence electrons. The van der Waals surface area contributed by atoms with Crippen molar-refractivity contribution in [1.82, 2.24) is 0 Å². The summed E-state index contributed by atoms with van der Waals surface area (Å²) >= 11 is 5.69. The van der Waals surface area contributed by atoms with E-state index in [1.54, 1.807) is 12.1 Å². The highest BCUT2D eigenvalue weighted by Crippen LogP contribution is 2.29. The molecule has 0 spiro atoms. The molecule has 3 rings (SSSR count). The van der Waals surface area contributed by atoms with Crippen LogP contribution in [0.25, 0.3) is 22.1 Å². The van der Waals surface area contributed by atoms with Gasteiger partial charge in [-0.05, 0) is 37.1 Å². The summed E-state index contributed by atoms with van der Waals surface area (Å²) in [5, 5.41) is 0.0297. The largest absolute Gasteiger partial charge is 0.425 e. The molecule has 5 heteroatoms. The SMILES string of the molecule is Cc1c(-c2ccccc2)c(=O)oc2cc(OC(=O)C(C)Cl)ccc12. The Morgan fingerprint density at radius 2 is 1.88 bits per heavy atom. The summed E-state index contributed by atoms with van der Waals surface area (Å²) < 4.78 is 10.6. The molecule has 2 aromatic carbocycles. The minimum absolute atomic E-state index is 0.287. The Morgan fingerprint density at radius 3 is 2.54 bits per heavy atom. The van der Waals surface area contributed by atoms with Gasteiger partial charge in [-0.25, -0.2) is 4.79 Å². The van der Waals surface area contributed by atoms with Crippen LogP contribution in [0.15, 0.2) is 57.7 Å². The number of aryl methyl sites for hydroxylation is 1. The number of ether oxygens (including phenoxy) is 1. The van der Waals surface area contributed by atoms with Crippen LogP contribution in [0.1, 0.15) is 12.5 Å². The summed E-state index contributed by atoms with van der Waals surface area (Å²) in [6, 6.07) is 14.3. The molecule has 0 saturated carbocycles. The van der Waals surface area contributed by atoms with Crippen LogP contribution >= 0.6 is 11.6 Å². The van der Waals surface area contributed by atoms with Crippen LogP contribution in [-0.4, -0.2) is 11.3 Å². The summed E-state index contributed by atoms with van der Waals surface area (Å²) in [5.41, 5.74) is 2.08. The van der Waals surface area contributed by atoms with Gasteiger partial charge in [-0.2, -0.15) is 0 Å².